The monoisotopic (exact) mass is 302 g/mol. The summed E-state index contributed by atoms with van der Waals surface area (Å²) in [5.74, 6) is 0.905. The van der Waals surface area contributed by atoms with Crippen molar-refractivity contribution in [2.75, 3.05) is 20.1 Å². The second kappa shape index (κ2) is 5.63. The summed E-state index contributed by atoms with van der Waals surface area (Å²) in [6, 6.07) is 4.68. The van der Waals surface area contributed by atoms with Crippen LogP contribution < -0.4 is 5.73 Å². The molecule has 0 amide bonds. The van der Waals surface area contributed by atoms with Gasteiger partial charge in [-0.25, -0.2) is 0 Å². The van der Waals surface area contributed by atoms with Crippen molar-refractivity contribution in [2.45, 2.75) is 25.3 Å². The van der Waals surface area contributed by atoms with Gasteiger partial charge in [0, 0.05) is 18.0 Å². The highest BCUT2D eigenvalue weighted by molar-refractivity contribution is 9.11. The zero-order chi connectivity index (χ0) is 11.5. The van der Waals surface area contributed by atoms with E-state index in [9.17, 15) is 0 Å². The van der Waals surface area contributed by atoms with Crippen LogP contribution in [0.15, 0.2) is 15.9 Å². The first-order valence-corrected chi connectivity index (χ1v) is 7.47. The van der Waals surface area contributed by atoms with Crippen LogP contribution in [0.25, 0.3) is 0 Å². The summed E-state index contributed by atoms with van der Waals surface area (Å²) in [5, 5.41) is 0. The minimum Gasteiger partial charge on any atom is -0.329 e. The SMILES string of the molecule is CN(CC1CCC1)C(CN)c1ccc(Br)s1. The smallest absolute Gasteiger partial charge is 0.0702 e. The van der Waals surface area contributed by atoms with E-state index in [4.69, 9.17) is 5.73 Å². The third-order valence-corrected chi connectivity index (χ3v) is 5.17. The van der Waals surface area contributed by atoms with E-state index in [1.165, 1.54) is 34.5 Å². The number of rotatable bonds is 5. The Morgan fingerprint density at radius 1 is 1.56 bits per heavy atom. The predicted octanol–water partition coefficient (Wildman–Crippen LogP) is 3.24. The van der Waals surface area contributed by atoms with Gasteiger partial charge in [0.1, 0.15) is 0 Å². The van der Waals surface area contributed by atoms with Gasteiger partial charge < -0.3 is 5.73 Å². The first-order chi connectivity index (χ1) is 7.70. The zero-order valence-corrected chi connectivity index (χ0v) is 12.1. The molecule has 1 aromatic rings. The molecule has 1 saturated carbocycles. The molecule has 1 atom stereocenters. The highest BCUT2D eigenvalue weighted by Crippen LogP contribution is 2.32. The molecule has 1 aromatic heterocycles. The van der Waals surface area contributed by atoms with E-state index in [0.29, 0.717) is 12.6 Å². The minimum absolute atomic E-state index is 0.386. The number of halogens is 1. The Hall–Kier alpha value is 0.1000. The number of hydrogen-bond acceptors (Lipinski definition) is 3. The van der Waals surface area contributed by atoms with E-state index in [0.717, 1.165) is 5.92 Å². The molecule has 2 N–H and O–H groups in total. The Balaban J connectivity index is 1.97. The molecule has 2 nitrogen and oxygen atoms in total. The molecule has 0 bridgehead atoms. The maximum absolute atomic E-state index is 5.90. The Morgan fingerprint density at radius 2 is 2.31 bits per heavy atom. The van der Waals surface area contributed by atoms with E-state index >= 15 is 0 Å². The molecule has 1 heterocycles. The number of nitrogens with two attached hydrogens (primary N) is 1. The lowest BCUT2D eigenvalue weighted by atomic mass is 9.85. The Bertz CT molecular complexity index is 336. The van der Waals surface area contributed by atoms with Crippen LogP contribution in [0.2, 0.25) is 0 Å². The highest BCUT2D eigenvalue weighted by atomic mass is 79.9. The molecule has 0 aliphatic heterocycles. The molecule has 90 valence electrons. The summed E-state index contributed by atoms with van der Waals surface area (Å²) in [7, 11) is 2.20. The molecule has 0 spiro atoms. The molecule has 0 aromatic carbocycles. The highest BCUT2D eigenvalue weighted by Gasteiger charge is 2.23. The van der Waals surface area contributed by atoms with Crippen molar-refractivity contribution in [2.24, 2.45) is 11.7 Å². The molecular formula is C12H19BrN2S. The maximum Gasteiger partial charge on any atom is 0.0702 e. The van der Waals surface area contributed by atoms with Crippen molar-refractivity contribution in [3.63, 3.8) is 0 Å². The molecule has 4 heteroatoms. The molecule has 1 aliphatic carbocycles. The number of likely N-dealkylation sites (N-methyl/N-ethyl adjacent to an activating group) is 1. The second-order valence-corrected chi connectivity index (χ2v) is 7.12. The van der Waals surface area contributed by atoms with E-state index in [1.54, 1.807) is 11.3 Å². The van der Waals surface area contributed by atoms with Gasteiger partial charge >= 0.3 is 0 Å². The van der Waals surface area contributed by atoms with Gasteiger partial charge in [-0.1, -0.05) is 6.42 Å². The van der Waals surface area contributed by atoms with Crippen molar-refractivity contribution in [1.29, 1.82) is 0 Å². The Morgan fingerprint density at radius 3 is 2.75 bits per heavy atom. The van der Waals surface area contributed by atoms with Crippen molar-refractivity contribution < 1.29 is 0 Å². The summed E-state index contributed by atoms with van der Waals surface area (Å²) in [4.78, 5) is 3.79. The molecule has 1 aliphatic rings. The van der Waals surface area contributed by atoms with Crippen LogP contribution in [0, 0.1) is 5.92 Å². The molecule has 2 rings (SSSR count). The minimum atomic E-state index is 0.386. The van der Waals surface area contributed by atoms with Gasteiger partial charge in [0.2, 0.25) is 0 Å². The van der Waals surface area contributed by atoms with Crippen LogP contribution in [0.4, 0.5) is 0 Å². The van der Waals surface area contributed by atoms with E-state index in [-0.39, 0.29) is 0 Å². The fourth-order valence-corrected chi connectivity index (χ4v) is 3.83. The summed E-state index contributed by atoms with van der Waals surface area (Å²) < 4.78 is 1.19. The third-order valence-electron chi connectivity index (χ3n) is 3.45. The van der Waals surface area contributed by atoms with Crippen molar-refractivity contribution >= 4 is 27.3 Å². The number of thiophene rings is 1. The Labute approximate surface area is 110 Å². The summed E-state index contributed by atoms with van der Waals surface area (Å²) >= 11 is 5.31. The predicted molar refractivity (Wildman–Crippen MR) is 73.8 cm³/mol. The third kappa shape index (κ3) is 2.86. The lowest BCUT2D eigenvalue weighted by Gasteiger charge is -2.34. The van der Waals surface area contributed by atoms with E-state index < -0.39 is 0 Å². The average molecular weight is 303 g/mol. The average Bonchev–Trinajstić information content (AvgIpc) is 2.60. The van der Waals surface area contributed by atoms with Crippen molar-refractivity contribution in [3.05, 3.63) is 20.8 Å². The first-order valence-electron chi connectivity index (χ1n) is 5.86. The molecule has 1 fully saturated rings. The summed E-state index contributed by atoms with van der Waals surface area (Å²) in [6.07, 6.45) is 4.21. The molecule has 0 radical (unpaired) electrons. The van der Waals surface area contributed by atoms with Crippen molar-refractivity contribution in [1.82, 2.24) is 4.90 Å². The number of hydrogen-bond donors (Lipinski definition) is 1. The standard InChI is InChI=1S/C12H19BrN2S/c1-15(8-9-3-2-4-9)10(7-14)11-5-6-12(13)16-11/h5-6,9-10H,2-4,7-8,14H2,1H3. The van der Waals surface area contributed by atoms with Crippen LogP contribution >= 0.6 is 27.3 Å². The summed E-state index contributed by atoms with van der Waals surface area (Å²) in [5.41, 5.74) is 5.90. The zero-order valence-electron chi connectivity index (χ0n) is 9.66. The quantitative estimate of drug-likeness (QED) is 0.905. The fraction of sp³-hybridized carbons (Fsp3) is 0.667. The normalized spacial score (nSPS) is 18.8. The lowest BCUT2D eigenvalue weighted by Crippen LogP contribution is -2.35. The van der Waals surface area contributed by atoms with E-state index in [1.807, 2.05) is 0 Å². The van der Waals surface area contributed by atoms with Gasteiger partial charge in [0.05, 0.1) is 9.83 Å². The van der Waals surface area contributed by atoms with Gasteiger partial charge in [-0.15, -0.1) is 11.3 Å². The molecule has 0 saturated heterocycles. The van der Waals surface area contributed by atoms with Crippen LogP contribution in [-0.2, 0) is 0 Å². The lowest BCUT2D eigenvalue weighted by molar-refractivity contribution is 0.166. The summed E-state index contributed by atoms with van der Waals surface area (Å²) in [6.45, 7) is 1.90. The van der Waals surface area contributed by atoms with Gasteiger partial charge in [0.25, 0.3) is 0 Å². The molecular weight excluding hydrogens is 284 g/mol. The van der Waals surface area contributed by atoms with Gasteiger partial charge in [-0.3, -0.25) is 4.90 Å². The first kappa shape index (κ1) is 12.6. The molecule has 1 unspecified atom stereocenters. The van der Waals surface area contributed by atoms with Crippen molar-refractivity contribution in [3.8, 4) is 0 Å². The Kier molecular flexibility index (Phi) is 4.41. The van der Waals surface area contributed by atoms with Crippen LogP contribution in [0.5, 0.6) is 0 Å². The van der Waals surface area contributed by atoms with Gasteiger partial charge in [-0.05, 0) is 53.9 Å². The van der Waals surface area contributed by atoms with Gasteiger partial charge in [-0.2, -0.15) is 0 Å². The number of nitrogens with zero attached hydrogens (tertiary/aromatic N) is 1. The second-order valence-electron chi connectivity index (χ2n) is 4.63. The topological polar surface area (TPSA) is 29.3 Å². The van der Waals surface area contributed by atoms with Crippen LogP contribution in [0.1, 0.15) is 30.2 Å². The largest absolute Gasteiger partial charge is 0.329 e. The van der Waals surface area contributed by atoms with Gasteiger partial charge in [0.15, 0.2) is 0 Å². The van der Waals surface area contributed by atoms with Crippen LogP contribution in [0.3, 0.4) is 0 Å². The maximum atomic E-state index is 5.90. The van der Waals surface area contributed by atoms with Crippen LogP contribution in [-0.4, -0.2) is 25.0 Å². The molecule has 16 heavy (non-hydrogen) atoms. The van der Waals surface area contributed by atoms with E-state index in [2.05, 4.69) is 40.0 Å². The fourth-order valence-electron chi connectivity index (χ4n) is 2.23.